The van der Waals surface area contributed by atoms with Gasteiger partial charge in [0, 0.05) is 23.3 Å². The Labute approximate surface area is 148 Å². The Morgan fingerprint density at radius 1 is 1.28 bits per heavy atom. The van der Waals surface area contributed by atoms with E-state index in [1.807, 2.05) is 0 Å². The number of nitrogens with two attached hydrogens (primary N) is 1. The molecule has 0 amide bonds. The van der Waals surface area contributed by atoms with Crippen molar-refractivity contribution in [3.63, 3.8) is 0 Å². The SMILES string of the molecule is Cc1onc(-c2ccccc2Cl)c1C(=O)ON=C(N)c1cc[nH+]cc1. The Kier molecular flexibility index (Phi) is 4.76. The molecule has 3 N–H and O–H groups in total. The van der Waals surface area contributed by atoms with E-state index in [0.29, 0.717) is 21.9 Å². The lowest BCUT2D eigenvalue weighted by Crippen LogP contribution is -2.16. The average molecular weight is 358 g/mol. The number of benzene rings is 1. The second-order valence-electron chi connectivity index (χ2n) is 5.09. The third-order valence-electron chi connectivity index (χ3n) is 3.44. The highest BCUT2D eigenvalue weighted by Crippen LogP contribution is 2.31. The van der Waals surface area contributed by atoms with Crippen LogP contribution in [0.5, 0.6) is 0 Å². The molecular formula is C17H14ClN4O3+. The van der Waals surface area contributed by atoms with Gasteiger partial charge in [-0.25, -0.2) is 9.78 Å². The number of hydrogen-bond donors (Lipinski definition) is 1. The molecule has 0 saturated heterocycles. The van der Waals surface area contributed by atoms with Crippen LogP contribution in [-0.4, -0.2) is 17.0 Å². The molecule has 0 atom stereocenters. The zero-order valence-corrected chi connectivity index (χ0v) is 13.9. The summed E-state index contributed by atoms with van der Waals surface area (Å²) >= 11 is 6.17. The van der Waals surface area contributed by atoms with Gasteiger partial charge in [0.25, 0.3) is 0 Å². The molecule has 25 heavy (non-hydrogen) atoms. The van der Waals surface area contributed by atoms with E-state index >= 15 is 0 Å². The maximum atomic E-state index is 12.4. The average Bonchev–Trinajstić information content (AvgIpc) is 3.02. The molecule has 0 unspecified atom stereocenters. The summed E-state index contributed by atoms with van der Waals surface area (Å²) in [5.41, 5.74) is 7.41. The molecule has 0 aliphatic rings. The lowest BCUT2D eigenvalue weighted by atomic mass is 10.1. The summed E-state index contributed by atoms with van der Waals surface area (Å²) < 4.78 is 5.12. The predicted octanol–water partition coefficient (Wildman–Crippen LogP) is 2.59. The fourth-order valence-electron chi connectivity index (χ4n) is 2.20. The number of rotatable bonds is 4. The number of hydrogen-bond acceptors (Lipinski definition) is 5. The van der Waals surface area contributed by atoms with Crippen LogP contribution in [0.15, 0.2) is 58.5 Å². The van der Waals surface area contributed by atoms with E-state index in [2.05, 4.69) is 15.3 Å². The second kappa shape index (κ2) is 7.14. The van der Waals surface area contributed by atoms with Crippen molar-refractivity contribution < 1.29 is 19.1 Å². The summed E-state index contributed by atoms with van der Waals surface area (Å²) in [7, 11) is 0. The minimum atomic E-state index is -0.737. The van der Waals surface area contributed by atoms with Gasteiger partial charge < -0.3 is 15.1 Å². The summed E-state index contributed by atoms with van der Waals surface area (Å²) in [6.07, 6.45) is 3.36. The Morgan fingerprint density at radius 3 is 2.72 bits per heavy atom. The van der Waals surface area contributed by atoms with E-state index in [4.69, 9.17) is 26.7 Å². The quantitative estimate of drug-likeness (QED) is 0.334. The predicted molar refractivity (Wildman–Crippen MR) is 90.8 cm³/mol. The Bertz CT molecular complexity index is 938. The second-order valence-corrected chi connectivity index (χ2v) is 5.49. The number of halogens is 1. The maximum absolute atomic E-state index is 12.4. The molecule has 8 heteroatoms. The zero-order chi connectivity index (χ0) is 17.8. The van der Waals surface area contributed by atoms with E-state index in [1.165, 1.54) is 0 Å². The Hall–Kier alpha value is -3.19. The number of oxime groups is 1. The van der Waals surface area contributed by atoms with Crippen molar-refractivity contribution >= 4 is 23.4 Å². The van der Waals surface area contributed by atoms with Gasteiger partial charge in [0.15, 0.2) is 18.2 Å². The first kappa shape index (κ1) is 16.7. The highest BCUT2D eigenvalue weighted by atomic mass is 35.5. The first-order chi connectivity index (χ1) is 12.1. The van der Waals surface area contributed by atoms with E-state index < -0.39 is 5.97 Å². The van der Waals surface area contributed by atoms with Gasteiger partial charge in [0.2, 0.25) is 0 Å². The van der Waals surface area contributed by atoms with Crippen LogP contribution in [0, 0.1) is 6.92 Å². The normalized spacial score (nSPS) is 11.4. The van der Waals surface area contributed by atoms with Crippen LogP contribution in [-0.2, 0) is 4.84 Å². The van der Waals surface area contributed by atoms with E-state index in [1.54, 1.807) is 55.7 Å². The largest absolute Gasteiger partial charge is 0.380 e. The molecule has 0 aliphatic heterocycles. The zero-order valence-electron chi connectivity index (χ0n) is 13.2. The number of H-pyrrole nitrogens is 1. The van der Waals surface area contributed by atoms with Crippen molar-refractivity contribution in [1.82, 2.24) is 5.16 Å². The summed E-state index contributed by atoms with van der Waals surface area (Å²) in [6, 6.07) is 10.4. The summed E-state index contributed by atoms with van der Waals surface area (Å²) in [4.78, 5) is 20.3. The fourth-order valence-corrected chi connectivity index (χ4v) is 2.42. The standard InChI is InChI=1S/C17H13ClN4O3/c1-10-14(15(21-24-10)12-4-2-3-5-13(12)18)17(23)25-22-16(19)11-6-8-20-9-7-11/h2-9H,1H3,(H2,19,22)/p+1. The van der Waals surface area contributed by atoms with Crippen LogP contribution in [0.2, 0.25) is 5.02 Å². The Balaban J connectivity index is 1.89. The summed E-state index contributed by atoms with van der Waals surface area (Å²) in [6.45, 7) is 1.60. The van der Waals surface area contributed by atoms with Crippen molar-refractivity contribution in [3.05, 3.63) is 70.7 Å². The molecule has 126 valence electrons. The molecule has 2 heterocycles. The number of carbonyl (C=O) groups excluding carboxylic acids is 1. The third kappa shape index (κ3) is 3.51. The molecule has 0 spiro atoms. The van der Waals surface area contributed by atoms with Gasteiger partial charge in [-0.2, -0.15) is 0 Å². The lowest BCUT2D eigenvalue weighted by molar-refractivity contribution is -0.378. The van der Waals surface area contributed by atoms with Gasteiger partial charge in [0.1, 0.15) is 17.0 Å². The van der Waals surface area contributed by atoms with Crippen LogP contribution in [0.4, 0.5) is 0 Å². The van der Waals surface area contributed by atoms with Gasteiger partial charge in [-0.05, 0) is 13.0 Å². The number of aromatic nitrogens is 2. The van der Waals surface area contributed by atoms with Crippen LogP contribution in [0.25, 0.3) is 11.3 Å². The topological polar surface area (TPSA) is 105 Å². The molecule has 1 aromatic carbocycles. The third-order valence-corrected chi connectivity index (χ3v) is 3.77. The molecule has 7 nitrogen and oxygen atoms in total. The van der Waals surface area contributed by atoms with Gasteiger partial charge in [0.05, 0.1) is 5.02 Å². The fraction of sp³-hybridized carbons (Fsp3) is 0.0588. The smallest absolute Gasteiger partial charge is 0.371 e. The molecule has 3 aromatic rings. The highest BCUT2D eigenvalue weighted by molar-refractivity contribution is 6.33. The number of aromatic amines is 1. The van der Waals surface area contributed by atoms with Crippen LogP contribution in [0.1, 0.15) is 21.7 Å². The summed E-state index contributed by atoms with van der Waals surface area (Å²) in [5, 5.41) is 8.02. The van der Waals surface area contributed by atoms with Gasteiger partial charge in [-0.3, -0.25) is 0 Å². The number of amidine groups is 1. The van der Waals surface area contributed by atoms with Crippen molar-refractivity contribution in [2.75, 3.05) is 0 Å². The molecule has 2 aromatic heterocycles. The number of pyridine rings is 1. The van der Waals surface area contributed by atoms with E-state index in [-0.39, 0.29) is 17.1 Å². The molecule has 0 saturated carbocycles. The number of nitrogens with zero attached hydrogens (tertiary/aromatic N) is 2. The number of aryl methyl sites for hydroxylation is 1. The maximum Gasteiger partial charge on any atom is 0.371 e. The van der Waals surface area contributed by atoms with Crippen LogP contribution in [0.3, 0.4) is 0 Å². The molecule has 3 rings (SSSR count). The molecule has 0 radical (unpaired) electrons. The molecule has 0 aliphatic carbocycles. The minimum absolute atomic E-state index is 0.0655. The van der Waals surface area contributed by atoms with E-state index in [0.717, 1.165) is 0 Å². The first-order valence-corrected chi connectivity index (χ1v) is 7.68. The number of carbonyl (C=O) groups is 1. The monoisotopic (exact) mass is 357 g/mol. The van der Waals surface area contributed by atoms with Crippen molar-refractivity contribution in [2.24, 2.45) is 10.9 Å². The van der Waals surface area contributed by atoms with E-state index in [9.17, 15) is 4.79 Å². The van der Waals surface area contributed by atoms with Crippen molar-refractivity contribution in [1.29, 1.82) is 0 Å². The Morgan fingerprint density at radius 2 is 2.00 bits per heavy atom. The van der Waals surface area contributed by atoms with Crippen LogP contribution < -0.4 is 10.7 Å². The first-order valence-electron chi connectivity index (χ1n) is 7.30. The molecule has 0 fully saturated rings. The van der Waals surface area contributed by atoms with Crippen LogP contribution >= 0.6 is 11.6 Å². The summed E-state index contributed by atoms with van der Waals surface area (Å²) in [5.74, 6) is -0.377. The lowest BCUT2D eigenvalue weighted by Gasteiger charge is -2.03. The molecule has 0 bridgehead atoms. The van der Waals surface area contributed by atoms with Gasteiger partial charge >= 0.3 is 5.97 Å². The minimum Gasteiger partial charge on any atom is -0.380 e. The highest BCUT2D eigenvalue weighted by Gasteiger charge is 2.24. The van der Waals surface area contributed by atoms with Crippen molar-refractivity contribution in [3.8, 4) is 11.3 Å². The number of nitrogens with one attached hydrogen (secondary N) is 1. The van der Waals surface area contributed by atoms with Gasteiger partial charge in [-0.1, -0.05) is 40.1 Å². The van der Waals surface area contributed by atoms with Crippen molar-refractivity contribution in [2.45, 2.75) is 6.92 Å². The van der Waals surface area contributed by atoms with Gasteiger partial charge in [-0.15, -0.1) is 0 Å². The molecular weight excluding hydrogens is 344 g/mol.